The van der Waals surface area contributed by atoms with Crippen LogP contribution in [-0.2, 0) is 4.74 Å². The van der Waals surface area contributed by atoms with Crippen molar-refractivity contribution >= 4 is 0 Å². The van der Waals surface area contributed by atoms with E-state index in [2.05, 4.69) is 24.1 Å². The minimum absolute atomic E-state index is 0.353. The van der Waals surface area contributed by atoms with Gasteiger partial charge < -0.3 is 15.2 Å². The van der Waals surface area contributed by atoms with Gasteiger partial charge in [-0.05, 0) is 32.4 Å². The summed E-state index contributed by atoms with van der Waals surface area (Å²) in [6.45, 7) is 9.56. The van der Waals surface area contributed by atoms with Gasteiger partial charge in [0, 0.05) is 25.7 Å². The third-order valence-corrected chi connectivity index (χ3v) is 3.46. The Morgan fingerprint density at radius 3 is 2.83 bits per heavy atom. The molecule has 1 fully saturated rings. The van der Waals surface area contributed by atoms with E-state index in [1.165, 1.54) is 6.42 Å². The summed E-state index contributed by atoms with van der Waals surface area (Å²) < 4.78 is 5.49. The molecule has 0 radical (unpaired) electrons. The Morgan fingerprint density at radius 2 is 2.22 bits per heavy atom. The lowest BCUT2D eigenvalue weighted by Gasteiger charge is -2.29. The fourth-order valence-corrected chi connectivity index (χ4v) is 2.45. The molecule has 1 aliphatic heterocycles. The van der Waals surface area contributed by atoms with Crippen LogP contribution < -0.4 is 5.32 Å². The van der Waals surface area contributed by atoms with Gasteiger partial charge in [-0.1, -0.05) is 20.3 Å². The van der Waals surface area contributed by atoms with Crippen LogP contribution in [0, 0.1) is 0 Å². The number of rotatable bonds is 10. The number of nitrogens with zero attached hydrogens (tertiary/aromatic N) is 1. The van der Waals surface area contributed by atoms with E-state index >= 15 is 0 Å². The molecule has 2 N–H and O–H groups in total. The predicted molar refractivity (Wildman–Crippen MR) is 74.9 cm³/mol. The number of hydrogen-bond donors (Lipinski definition) is 2. The summed E-state index contributed by atoms with van der Waals surface area (Å²) >= 11 is 0. The van der Waals surface area contributed by atoms with Gasteiger partial charge in [-0.25, -0.2) is 0 Å². The van der Waals surface area contributed by atoms with Crippen LogP contribution in [0.3, 0.4) is 0 Å². The summed E-state index contributed by atoms with van der Waals surface area (Å²) in [5.41, 5.74) is 0. The zero-order valence-corrected chi connectivity index (χ0v) is 12.0. The maximum atomic E-state index is 10.0. The van der Waals surface area contributed by atoms with Gasteiger partial charge >= 0.3 is 0 Å². The lowest BCUT2D eigenvalue weighted by molar-refractivity contribution is 0.00911. The third-order valence-electron chi connectivity index (χ3n) is 3.46. The quantitative estimate of drug-likeness (QED) is 0.579. The first-order valence-corrected chi connectivity index (χ1v) is 7.48. The number of aliphatic hydroxyl groups excluding tert-OH is 1. The van der Waals surface area contributed by atoms with Crippen molar-refractivity contribution in [3.05, 3.63) is 0 Å². The van der Waals surface area contributed by atoms with Crippen molar-refractivity contribution in [3.8, 4) is 0 Å². The van der Waals surface area contributed by atoms with Gasteiger partial charge in [0.2, 0.25) is 0 Å². The molecule has 0 aromatic carbocycles. The summed E-state index contributed by atoms with van der Waals surface area (Å²) in [6, 6.07) is 0.593. The minimum Gasteiger partial charge on any atom is -0.389 e. The molecular formula is C14H30N2O2. The molecule has 0 amide bonds. The molecule has 2 atom stereocenters. The molecule has 18 heavy (non-hydrogen) atoms. The van der Waals surface area contributed by atoms with Gasteiger partial charge in [-0.15, -0.1) is 0 Å². The monoisotopic (exact) mass is 258 g/mol. The maximum Gasteiger partial charge on any atom is 0.0900 e. The van der Waals surface area contributed by atoms with Gasteiger partial charge in [-0.2, -0.15) is 0 Å². The average Bonchev–Trinajstić information content (AvgIpc) is 2.88. The Balaban J connectivity index is 2.21. The molecule has 0 aromatic rings. The highest BCUT2D eigenvalue weighted by molar-refractivity contribution is 4.81. The van der Waals surface area contributed by atoms with E-state index in [-0.39, 0.29) is 6.10 Å². The van der Waals surface area contributed by atoms with E-state index in [4.69, 9.17) is 4.74 Å². The molecule has 0 spiro atoms. The topological polar surface area (TPSA) is 44.7 Å². The summed E-state index contributed by atoms with van der Waals surface area (Å²) in [5.74, 6) is 0. The van der Waals surface area contributed by atoms with Crippen LogP contribution in [0.5, 0.6) is 0 Å². The molecule has 4 nitrogen and oxygen atoms in total. The molecule has 1 aliphatic rings. The van der Waals surface area contributed by atoms with E-state index < -0.39 is 0 Å². The highest BCUT2D eigenvalue weighted by Gasteiger charge is 2.23. The first-order chi connectivity index (χ1) is 8.77. The Hall–Kier alpha value is -0.160. The first-order valence-electron chi connectivity index (χ1n) is 7.48. The van der Waals surface area contributed by atoms with E-state index in [0.717, 1.165) is 52.0 Å². The molecule has 1 saturated heterocycles. The molecule has 0 aliphatic carbocycles. The Kier molecular flexibility index (Phi) is 8.59. The van der Waals surface area contributed by atoms with Crippen LogP contribution in [0.25, 0.3) is 0 Å². The van der Waals surface area contributed by atoms with Gasteiger partial charge in [0.05, 0.1) is 12.7 Å². The fraction of sp³-hybridized carbons (Fsp3) is 1.00. The second kappa shape index (κ2) is 9.73. The Morgan fingerprint density at radius 1 is 1.39 bits per heavy atom. The van der Waals surface area contributed by atoms with Crippen LogP contribution in [0.2, 0.25) is 0 Å². The molecule has 2 unspecified atom stereocenters. The summed E-state index contributed by atoms with van der Waals surface area (Å²) in [4.78, 5) is 2.41. The average molecular weight is 258 g/mol. The Labute approximate surface area is 112 Å². The van der Waals surface area contributed by atoms with E-state index in [0.29, 0.717) is 12.6 Å². The van der Waals surface area contributed by atoms with Crippen molar-refractivity contribution < 1.29 is 9.84 Å². The van der Waals surface area contributed by atoms with Crippen LogP contribution in [0.4, 0.5) is 0 Å². The van der Waals surface area contributed by atoms with Crippen molar-refractivity contribution in [1.82, 2.24) is 10.2 Å². The number of aliphatic hydroxyl groups is 1. The standard InChI is InChI=1S/C14H30N2O2/c1-3-5-9-18-12-14(17)11-16(8-4-2)13-6-7-15-10-13/h13-15,17H,3-12H2,1-2H3. The molecule has 108 valence electrons. The van der Waals surface area contributed by atoms with Gasteiger partial charge in [-0.3, -0.25) is 4.90 Å². The number of hydrogen-bond acceptors (Lipinski definition) is 4. The van der Waals surface area contributed by atoms with Gasteiger partial charge in [0.15, 0.2) is 0 Å². The number of ether oxygens (including phenoxy) is 1. The SMILES string of the molecule is CCCCOCC(O)CN(CCC)C1CCNC1. The van der Waals surface area contributed by atoms with Crippen LogP contribution >= 0.6 is 0 Å². The van der Waals surface area contributed by atoms with E-state index in [9.17, 15) is 5.11 Å². The maximum absolute atomic E-state index is 10.0. The molecule has 0 aromatic heterocycles. The summed E-state index contributed by atoms with van der Waals surface area (Å²) in [5, 5.41) is 13.4. The lowest BCUT2D eigenvalue weighted by atomic mass is 10.2. The first kappa shape index (κ1) is 15.9. The second-order valence-electron chi connectivity index (χ2n) is 5.22. The van der Waals surface area contributed by atoms with Crippen molar-refractivity contribution in [2.75, 3.05) is 39.4 Å². The van der Waals surface area contributed by atoms with Crippen molar-refractivity contribution in [2.24, 2.45) is 0 Å². The Bertz CT molecular complexity index is 196. The normalized spacial score (nSPS) is 21.7. The highest BCUT2D eigenvalue weighted by atomic mass is 16.5. The van der Waals surface area contributed by atoms with Crippen molar-refractivity contribution in [3.63, 3.8) is 0 Å². The largest absolute Gasteiger partial charge is 0.389 e. The summed E-state index contributed by atoms with van der Waals surface area (Å²) in [7, 11) is 0. The number of nitrogens with one attached hydrogen (secondary N) is 1. The van der Waals surface area contributed by atoms with Crippen LogP contribution in [0.15, 0.2) is 0 Å². The molecular weight excluding hydrogens is 228 g/mol. The minimum atomic E-state index is -0.353. The van der Waals surface area contributed by atoms with Crippen molar-refractivity contribution in [2.45, 2.75) is 51.7 Å². The molecule has 4 heteroatoms. The molecule has 0 saturated carbocycles. The summed E-state index contributed by atoms with van der Waals surface area (Å²) in [6.07, 6.45) is 4.21. The molecule has 1 heterocycles. The smallest absolute Gasteiger partial charge is 0.0900 e. The van der Waals surface area contributed by atoms with Crippen LogP contribution in [-0.4, -0.2) is 61.5 Å². The zero-order chi connectivity index (χ0) is 13.2. The third kappa shape index (κ3) is 6.14. The molecule has 0 bridgehead atoms. The molecule has 1 rings (SSSR count). The zero-order valence-electron chi connectivity index (χ0n) is 12.0. The number of unbranched alkanes of at least 4 members (excludes halogenated alkanes) is 1. The second-order valence-corrected chi connectivity index (χ2v) is 5.22. The van der Waals surface area contributed by atoms with Gasteiger partial charge in [0.25, 0.3) is 0 Å². The fourth-order valence-electron chi connectivity index (χ4n) is 2.45. The van der Waals surface area contributed by atoms with E-state index in [1.807, 2.05) is 0 Å². The highest BCUT2D eigenvalue weighted by Crippen LogP contribution is 2.10. The van der Waals surface area contributed by atoms with Crippen LogP contribution in [0.1, 0.15) is 39.5 Å². The van der Waals surface area contributed by atoms with Gasteiger partial charge in [0.1, 0.15) is 0 Å². The lowest BCUT2D eigenvalue weighted by Crippen LogP contribution is -2.43. The predicted octanol–water partition coefficient (Wildman–Crippen LogP) is 1.24. The van der Waals surface area contributed by atoms with E-state index in [1.54, 1.807) is 0 Å². The van der Waals surface area contributed by atoms with Crippen molar-refractivity contribution in [1.29, 1.82) is 0 Å².